The molecule has 0 fully saturated rings. The lowest BCUT2D eigenvalue weighted by Gasteiger charge is -2.09. The lowest BCUT2D eigenvalue weighted by Crippen LogP contribution is -2.09. The van der Waals surface area contributed by atoms with Gasteiger partial charge in [-0.1, -0.05) is 11.8 Å². The van der Waals surface area contributed by atoms with E-state index in [0.717, 1.165) is 40.6 Å². The first-order chi connectivity index (χ1) is 9.29. The number of aliphatic hydroxyl groups excluding tert-OH is 1. The number of ketones is 1. The fourth-order valence-corrected chi connectivity index (χ4v) is 2.59. The molecule has 0 aliphatic heterocycles. The van der Waals surface area contributed by atoms with Crippen molar-refractivity contribution in [1.29, 1.82) is 0 Å². The first-order valence-electron chi connectivity index (χ1n) is 6.57. The first kappa shape index (κ1) is 12.0. The van der Waals surface area contributed by atoms with Gasteiger partial charge in [0.1, 0.15) is 0 Å². The number of aryl methyl sites for hydroxylation is 1. The number of carbonyl (C=O) groups is 1. The van der Waals surface area contributed by atoms with Crippen molar-refractivity contribution in [3.63, 3.8) is 0 Å². The average Bonchev–Trinajstić information content (AvgIpc) is 2.79. The highest BCUT2D eigenvalue weighted by Gasteiger charge is 2.21. The monoisotopic (exact) mass is 253 g/mol. The van der Waals surface area contributed by atoms with Crippen molar-refractivity contribution in [3.8, 4) is 11.8 Å². The van der Waals surface area contributed by atoms with Gasteiger partial charge in [0.2, 0.25) is 0 Å². The van der Waals surface area contributed by atoms with E-state index in [4.69, 9.17) is 5.11 Å². The topological polar surface area (TPSA) is 53.1 Å². The van der Waals surface area contributed by atoms with E-state index < -0.39 is 0 Å². The third-order valence-electron chi connectivity index (χ3n) is 3.49. The second-order valence-electron chi connectivity index (χ2n) is 4.79. The van der Waals surface area contributed by atoms with Crippen LogP contribution in [0.3, 0.4) is 0 Å². The smallest absolute Gasteiger partial charge is 0.179 e. The molecule has 1 aliphatic rings. The number of aromatic amines is 1. The normalized spacial score (nSPS) is 14.1. The summed E-state index contributed by atoms with van der Waals surface area (Å²) < 4.78 is 0. The highest BCUT2D eigenvalue weighted by molar-refractivity contribution is 6.03. The van der Waals surface area contributed by atoms with Gasteiger partial charge in [0, 0.05) is 29.3 Å². The fourth-order valence-electron chi connectivity index (χ4n) is 2.59. The molecule has 0 saturated heterocycles. The molecule has 0 spiro atoms. The van der Waals surface area contributed by atoms with Crippen LogP contribution in [0.15, 0.2) is 18.2 Å². The Morgan fingerprint density at radius 1 is 1.32 bits per heavy atom. The minimum atomic E-state index is 0.0866. The molecule has 1 aromatic heterocycles. The molecule has 0 radical (unpaired) electrons. The molecule has 3 rings (SSSR count). The summed E-state index contributed by atoms with van der Waals surface area (Å²) in [4.78, 5) is 15.1. The molecule has 2 N–H and O–H groups in total. The van der Waals surface area contributed by atoms with Crippen molar-refractivity contribution in [2.75, 3.05) is 6.61 Å². The maximum Gasteiger partial charge on any atom is 0.179 e. The molecule has 0 unspecified atom stereocenters. The average molecular weight is 253 g/mol. The zero-order chi connectivity index (χ0) is 13.2. The van der Waals surface area contributed by atoms with E-state index in [2.05, 4.69) is 16.8 Å². The Bertz CT molecular complexity index is 701. The van der Waals surface area contributed by atoms with Crippen molar-refractivity contribution < 1.29 is 9.90 Å². The van der Waals surface area contributed by atoms with Gasteiger partial charge in [0.15, 0.2) is 5.78 Å². The van der Waals surface area contributed by atoms with Gasteiger partial charge in [0.25, 0.3) is 0 Å². The number of benzene rings is 1. The van der Waals surface area contributed by atoms with Crippen LogP contribution in [0.1, 0.15) is 40.9 Å². The highest BCUT2D eigenvalue weighted by atomic mass is 16.2. The Kier molecular flexibility index (Phi) is 3.10. The highest BCUT2D eigenvalue weighted by Crippen LogP contribution is 2.29. The first-order valence-corrected chi connectivity index (χ1v) is 6.57. The zero-order valence-corrected chi connectivity index (χ0v) is 10.6. The Labute approximate surface area is 111 Å². The number of aliphatic hydroxyl groups is 1. The van der Waals surface area contributed by atoms with Crippen LogP contribution in [0, 0.1) is 11.8 Å². The van der Waals surface area contributed by atoms with E-state index in [1.807, 2.05) is 18.2 Å². The molecule has 0 saturated carbocycles. The quantitative estimate of drug-likeness (QED) is 0.767. The van der Waals surface area contributed by atoms with Gasteiger partial charge in [0.05, 0.1) is 12.3 Å². The minimum Gasteiger partial charge on any atom is -0.395 e. The fraction of sp³-hybridized carbons (Fsp3) is 0.312. The third kappa shape index (κ3) is 2.16. The van der Waals surface area contributed by atoms with E-state index in [0.29, 0.717) is 12.8 Å². The van der Waals surface area contributed by atoms with E-state index >= 15 is 0 Å². The number of aromatic nitrogens is 1. The molecule has 3 heteroatoms. The Morgan fingerprint density at radius 2 is 2.21 bits per heavy atom. The van der Waals surface area contributed by atoms with Gasteiger partial charge < -0.3 is 10.1 Å². The zero-order valence-electron chi connectivity index (χ0n) is 10.6. The molecule has 3 nitrogen and oxygen atoms in total. The van der Waals surface area contributed by atoms with Crippen molar-refractivity contribution in [3.05, 3.63) is 35.0 Å². The number of hydrogen-bond acceptors (Lipinski definition) is 2. The van der Waals surface area contributed by atoms with Gasteiger partial charge in [-0.25, -0.2) is 0 Å². The molecule has 0 amide bonds. The van der Waals surface area contributed by atoms with Crippen LogP contribution >= 0.6 is 0 Å². The number of rotatable bonds is 1. The largest absolute Gasteiger partial charge is 0.395 e. The van der Waals surface area contributed by atoms with Crippen LogP contribution in [-0.2, 0) is 6.42 Å². The number of nitrogens with one attached hydrogen (secondary N) is 1. The second-order valence-corrected chi connectivity index (χ2v) is 4.79. The van der Waals surface area contributed by atoms with Gasteiger partial charge in [-0.3, -0.25) is 4.79 Å². The summed E-state index contributed by atoms with van der Waals surface area (Å²) in [5, 5.41) is 9.84. The summed E-state index contributed by atoms with van der Waals surface area (Å²) in [5.74, 6) is 6.17. The minimum absolute atomic E-state index is 0.0866. The molecule has 1 aliphatic carbocycles. The predicted molar refractivity (Wildman–Crippen MR) is 74.1 cm³/mol. The Balaban J connectivity index is 2.08. The lowest BCUT2D eigenvalue weighted by atomic mass is 9.94. The van der Waals surface area contributed by atoms with E-state index in [1.165, 1.54) is 0 Å². The predicted octanol–water partition coefficient (Wildman–Crippen LogP) is 2.42. The van der Waals surface area contributed by atoms with E-state index in [1.54, 1.807) is 0 Å². The number of Topliss-reactive ketones (excluding diaryl/α,β-unsaturated/α-hetero) is 1. The van der Waals surface area contributed by atoms with Crippen LogP contribution in [0.5, 0.6) is 0 Å². The third-order valence-corrected chi connectivity index (χ3v) is 3.49. The van der Waals surface area contributed by atoms with Crippen molar-refractivity contribution in [2.24, 2.45) is 0 Å². The molecule has 0 atom stereocenters. The summed E-state index contributed by atoms with van der Waals surface area (Å²) in [6.07, 6.45) is 3.01. The second kappa shape index (κ2) is 4.91. The number of H-pyrrole nitrogens is 1. The Morgan fingerprint density at radius 3 is 3.05 bits per heavy atom. The SMILES string of the molecule is O=C1CCCc2c1[nH]c1ccc(C#CCCO)cc21. The van der Waals surface area contributed by atoms with Crippen molar-refractivity contribution in [1.82, 2.24) is 4.98 Å². The van der Waals surface area contributed by atoms with E-state index in [9.17, 15) is 4.79 Å². The lowest BCUT2D eigenvalue weighted by molar-refractivity contribution is 0.0968. The molecule has 1 aromatic carbocycles. The summed E-state index contributed by atoms with van der Waals surface area (Å²) in [7, 11) is 0. The van der Waals surface area contributed by atoms with Gasteiger partial charge in [-0.15, -0.1) is 0 Å². The van der Waals surface area contributed by atoms with Crippen LogP contribution < -0.4 is 0 Å². The number of carbonyl (C=O) groups excluding carboxylic acids is 1. The molecular formula is C16H15NO2. The van der Waals surface area contributed by atoms with Crippen molar-refractivity contribution in [2.45, 2.75) is 25.7 Å². The number of fused-ring (bicyclic) bond motifs is 3. The number of hydrogen-bond donors (Lipinski definition) is 2. The van der Waals surface area contributed by atoms with Crippen LogP contribution in [-0.4, -0.2) is 22.5 Å². The molecular weight excluding hydrogens is 238 g/mol. The molecule has 19 heavy (non-hydrogen) atoms. The van der Waals surface area contributed by atoms with Gasteiger partial charge >= 0.3 is 0 Å². The van der Waals surface area contributed by atoms with Crippen molar-refractivity contribution >= 4 is 16.7 Å². The van der Waals surface area contributed by atoms with Crippen LogP contribution in [0.4, 0.5) is 0 Å². The summed E-state index contributed by atoms with van der Waals surface area (Å²) in [6.45, 7) is 0.0866. The van der Waals surface area contributed by atoms with Gasteiger partial charge in [-0.2, -0.15) is 0 Å². The van der Waals surface area contributed by atoms with Gasteiger partial charge in [-0.05, 0) is 36.6 Å². The molecule has 0 bridgehead atoms. The summed E-state index contributed by atoms with van der Waals surface area (Å²) in [5.41, 5.74) is 3.85. The standard InChI is InChI=1S/C16H15NO2/c18-9-2-1-4-11-7-8-14-13(10-11)12-5-3-6-15(19)16(12)17-14/h7-8,10,17-18H,2-3,5-6,9H2. The summed E-state index contributed by atoms with van der Waals surface area (Å²) in [6, 6.07) is 5.96. The van der Waals surface area contributed by atoms with Crippen LogP contribution in [0.25, 0.3) is 10.9 Å². The maximum atomic E-state index is 11.9. The Hall–Kier alpha value is -2.05. The maximum absolute atomic E-state index is 11.9. The van der Waals surface area contributed by atoms with Crippen LogP contribution in [0.2, 0.25) is 0 Å². The summed E-state index contributed by atoms with van der Waals surface area (Å²) >= 11 is 0. The molecule has 1 heterocycles. The molecule has 2 aromatic rings. The van der Waals surface area contributed by atoms with E-state index in [-0.39, 0.29) is 12.4 Å². The molecule has 96 valence electrons.